The van der Waals surface area contributed by atoms with Gasteiger partial charge in [0.2, 0.25) is 0 Å². The van der Waals surface area contributed by atoms with Gasteiger partial charge in [-0.25, -0.2) is 0 Å². The zero-order valence-corrected chi connectivity index (χ0v) is 16.9. The molecule has 0 amide bonds. The number of carbonyl (C=O) groups excluding carboxylic acids is 2. The van der Waals surface area contributed by atoms with E-state index in [2.05, 4.69) is 10.2 Å². The van der Waals surface area contributed by atoms with Crippen molar-refractivity contribution in [3.63, 3.8) is 0 Å². The SMILES string of the molecule is COc1ccc(C(=O)C(N=Nc2ccccc2[N+](=O)[O-])C(=O)c2ccc(C)cc2)cc1. The Kier molecular flexibility index (Phi) is 6.61. The smallest absolute Gasteiger partial charge is 0.296 e. The third kappa shape index (κ3) is 5.05. The standard InChI is InChI=1S/C23H19N3O5/c1-15-7-9-16(10-8-15)22(27)21(23(28)17-11-13-18(31-2)14-12-17)25-24-19-5-3-4-6-20(19)26(29)30/h3-14,21H,1-2H3. The van der Waals surface area contributed by atoms with Crippen LogP contribution in [0.25, 0.3) is 0 Å². The van der Waals surface area contributed by atoms with Gasteiger partial charge in [-0.2, -0.15) is 5.11 Å². The summed E-state index contributed by atoms with van der Waals surface area (Å²) >= 11 is 0. The first-order valence-electron chi connectivity index (χ1n) is 9.34. The van der Waals surface area contributed by atoms with Crippen LogP contribution in [0.4, 0.5) is 11.4 Å². The van der Waals surface area contributed by atoms with Gasteiger partial charge < -0.3 is 4.74 Å². The highest BCUT2D eigenvalue weighted by molar-refractivity contribution is 6.19. The molecule has 1 unspecified atom stereocenters. The van der Waals surface area contributed by atoms with Gasteiger partial charge >= 0.3 is 0 Å². The van der Waals surface area contributed by atoms with Crippen LogP contribution in [0.5, 0.6) is 5.75 Å². The van der Waals surface area contributed by atoms with Crippen molar-refractivity contribution in [2.75, 3.05) is 7.11 Å². The number of nitrogens with zero attached hydrogens (tertiary/aromatic N) is 3. The number of ketones is 2. The maximum atomic E-state index is 13.1. The zero-order valence-electron chi connectivity index (χ0n) is 16.9. The highest BCUT2D eigenvalue weighted by Gasteiger charge is 2.29. The molecule has 0 aliphatic carbocycles. The molecule has 1 atom stereocenters. The quantitative estimate of drug-likeness (QED) is 0.166. The van der Waals surface area contributed by atoms with E-state index < -0.39 is 22.5 Å². The molecule has 0 saturated heterocycles. The number of nitro groups is 1. The Morgan fingerprint density at radius 2 is 1.45 bits per heavy atom. The fourth-order valence-corrected chi connectivity index (χ4v) is 2.84. The molecule has 0 bridgehead atoms. The molecule has 0 fully saturated rings. The molecule has 156 valence electrons. The average molecular weight is 417 g/mol. The summed E-state index contributed by atoms with van der Waals surface area (Å²) in [4.78, 5) is 36.8. The van der Waals surface area contributed by atoms with E-state index in [-0.39, 0.29) is 16.9 Å². The van der Waals surface area contributed by atoms with Crippen LogP contribution < -0.4 is 4.74 Å². The van der Waals surface area contributed by atoms with Gasteiger partial charge in [0.05, 0.1) is 12.0 Å². The molecule has 0 heterocycles. The Hall–Kier alpha value is -4.20. The van der Waals surface area contributed by atoms with Gasteiger partial charge in [0.15, 0.2) is 23.3 Å². The van der Waals surface area contributed by atoms with Crippen LogP contribution in [0, 0.1) is 17.0 Å². The van der Waals surface area contributed by atoms with E-state index in [0.29, 0.717) is 11.3 Å². The minimum absolute atomic E-state index is 0.0447. The van der Waals surface area contributed by atoms with E-state index in [1.165, 1.54) is 37.4 Å². The molecule has 3 rings (SSSR count). The Morgan fingerprint density at radius 1 is 0.903 bits per heavy atom. The molecule has 8 heteroatoms. The molecule has 3 aromatic carbocycles. The molecule has 0 aliphatic rings. The van der Waals surface area contributed by atoms with Crippen molar-refractivity contribution in [3.8, 4) is 5.75 Å². The molecule has 0 aliphatic heterocycles. The van der Waals surface area contributed by atoms with E-state index in [4.69, 9.17) is 4.74 Å². The zero-order chi connectivity index (χ0) is 22.4. The van der Waals surface area contributed by atoms with Crippen molar-refractivity contribution in [2.24, 2.45) is 10.2 Å². The first-order valence-corrected chi connectivity index (χ1v) is 9.34. The number of hydrogen-bond donors (Lipinski definition) is 0. The minimum Gasteiger partial charge on any atom is -0.497 e. The van der Waals surface area contributed by atoms with Crippen LogP contribution in [0.2, 0.25) is 0 Å². The molecule has 0 aromatic heterocycles. The Labute approximate surface area is 178 Å². The Bertz CT molecular complexity index is 1140. The van der Waals surface area contributed by atoms with Crippen molar-refractivity contribution in [1.29, 1.82) is 0 Å². The molecule has 3 aromatic rings. The number of para-hydroxylation sites is 1. The summed E-state index contributed by atoms with van der Waals surface area (Å²) < 4.78 is 5.09. The number of carbonyl (C=O) groups is 2. The number of ether oxygens (including phenoxy) is 1. The maximum absolute atomic E-state index is 13.1. The summed E-state index contributed by atoms with van der Waals surface area (Å²) in [6, 6.07) is 17.2. The number of azo groups is 1. The summed E-state index contributed by atoms with van der Waals surface area (Å²) in [6.45, 7) is 1.88. The first-order chi connectivity index (χ1) is 14.9. The maximum Gasteiger partial charge on any atom is 0.296 e. The van der Waals surface area contributed by atoms with Crippen LogP contribution >= 0.6 is 0 Å². The highest BCUT2D eigenvalue weighted by atomic mass is 16.6. The summed E-state index contributed by atoms with van der Waals surface area (Å²) in [5, 5.41) is 19.1. The molecule has 0 N–H and O–H groups in total. The van der Waals surface area contributed by atoms with Crippen molar-refractivity contribution in [2.45, 2.75) is 13.0 Å². The van der Waals surface area contributed by atoms with Crippen LogP contribution in [0.15, 0.2) is 83.0 Å². The number of aryl methyl sites for hydroxylation is 1. The number of nitro benzene ring substituents is 1. The van der Waals surface area contributed by atoms with Crippen LogP contribution in [-0.2, 0) is 0 Å². The minimum atomic E-state index is -1.49. The van der Waals surface area contributed by atoms with Crippen LogP contribution in [-0.4, -0.2) is 29.6 Å². The summed E-state index contributed by atoms with van der Waals surface area (Å²) in [6.07, 6.45) is 0. The van der Waals surface area contributed by atoms with Gasteiger partial charge in [-0.1, -0.05) is 42.0 Å². The van der Waals surface area contributed by atoms with E-state index in [1.54, 1.807) is 42.5 Å². The second-order valence-corrected chi connectivity index (χ2v) is 6.69. The topological polar surface area (TPSA) is 111 Å². The lowest BCUT2D eigenvalue weighted by atomic mass is 9.96. The van der Waals surface area contributed by atoms with Gasteiger partial charge in [-0.05, 0) is 37.3 Å². The predicted molar refractivity (Wildman–Crippen MR) is 114 cm³/mol. The molecule has 8 nitrogen and oxygen atoms in total. The number of Topliss-reactive ketones (excluding diaryl/α,β-unsaturated/α-hetero) is 2. The van der Waals surface area contributed by atoms with Gasteiger partial charge in [0, 0.05) is 17.2 Å². The summed E-state index contributed by atoms with van der Waals surface area (Å²) in [5.41, 5.74) is 1.17. The monoisotopic (exact) mass is 417 g/mol. The Morgan fingerprint density at radius 3 is 2.00 bits per heavy atom. The van der Waals surface area contributed by atoms with Crippen molar-refractivity contribution in [1.82, 2.24) is 0 Å². The fourth-order valence-electron chi connectivity index (χ4n) is 2.84. The molecular formula is C23H19N3O5. The van der Waals surface area contributed by atoms with E-state index in [1.807, 2.05) is 6.92 Å². The lowest BCUT2D eigenvalue weighted by Gasteiger charge is -2.11. The highest BCUT2D eigenvalue weighted by Crippen LogP contribution is 2.27. The average Bonchev–Trinajstić information content (AvgIpc) is 2.79. The summed E-state index contributed by atoms with van der Waals surface area (Å²) in [5.74, 6) is -0.571. The van der Waals surface area contributed by atoms with E-state index in [9.17, 15) is 19.7 Å². The van der Waals surface area contributed by atoms with Crippen LogP contribution in [0.3, 0.4) is 0 Å². The van der Waals surface area contributed by atoms with Gasteiger partial charge in [-0.3, -0.25) is 19.7 Å². The van der Waals surface area contributed by atoms with E-state index >= 15 is 0 Å². The molecule has 31 heavy (non-hydrogen) atoms. The summed E-state index contributed by atoms with van der Waals surface area (Å²) in [7, 11) is 1.50. The molecule has 0 saturated carbocycles. The normalized spacial score (nSPS) is 11.8. The van der Waals surface area contributed by atoms with Crippen molar-refractivity contribution < 1.29 is 19.2 Å². The number of methoxy groups -OCH3 is 1. The number of rotatable bonds is 8. The van der Waals surface area contributed by atoms with Gasteiger partial charge in [-0.15, -0.1) is 5.11 Å². The largest absolute Gasteiger partial charge is 0.497 e. The second-order valence-electron chi connectivity index (χ2n) is 6.69. The molecule has 0 radical (unpaired) electrons. The Balaban J connectivity index is 2.01. The molecular weight excluding hydrogens is 398 g/mol. The number of benzene rings is 3. The second kappa shape index (κ2) is 9.53. The van der Waals surface area contributed by atoms with Crippen molar-refractivity contribution in [3.05, 3.63) is 99.6 Å². The lowest BCUT2D eigenvalue weighted by molar-refractivity contribution is -0.384. The number of hydrogen-bond acceptors (Lipinski definition) is 7. The fraction of sp³-hybridized carbons (Fsp3) is 0.130. The van der Waals surface area contributed by atoms with Gasteiger partial charge in [0.1, 0.15) is 5.75 Å². The van der Waals surface area contributed by atoms with E-state index in [0.717, 1.165) is 5.56 Å². The van der Waals surface area contributed by atoms with Crippen molar-refractivity contribution >= 4 is 22.9 Å². The van der Waals surface area contributed by atoms with Gasteiger partial charge in [0.25, 0.3) is 5.69 Å². The first kappa shape index (κ1) is 21.5. The predicted octanol–water partition coefficient (Wildman–Crippen LogP) is 5.13. The third-order valence-electron chi connectivity index (χ3n) is 4.57. The third-order valence-corrected chi connectivity index (χ3v) is 4.57. The van der Waals surface area contributed by atoms with Crippen LogP contribution in [0.1, 0.15) is 26.3 Å². The molecule has 0 spiro atoms. The lowest BCUT2D eigenvalue weighted by Crippen LogP contribution is -2.28.